The summed E-state index contributed by atoms with van der Waals surface area (Å²) in [5, 5.41) is 6.45. The highest BCUT2D eigenvalue weighted by atomic mass is 32.2. The van der Waals surface area contributed by atoms with E-state index in [2.05, 4.69) is 15.4 Å². The number of hydrogen-bond acceptors (Lipinski definition) is 5. The van der Waals surface area contributed by atoms with Crippen LogP contribution in [-0.2, 0) is 16.9 Å². The van der Waals surface area contributed by atoms with E-state index in [1.54, 1.807) is 33.0 Å². The Morgan fingerprint density at radius 3 is 2.48 bits per heavy atom. The number of rotatable bonds is 3. The van der Waals surface area contributed by atoms with Crippen molar-refractivity contribution in [2.45, 2.75) is 18.7 Å². The van der Waals surface area contributed by atoms with E-state index in [4.69, 9.17) is 0 Å². The first-order valence-electron chi connectivity index (χ1n) is 6.17. The molecule has 0 saturated carbocycles. The van der Waals surface area contributed by atoms with Gasteiger partial charge in [-0.1, -0.05) is 6.07 Å². The normalized spacial score (nSPS) is 11.4. The Hall–Kier alpha value is -2.22. The van der Waals surface area contributed by atoms with Gasteiger partial charge >= 0.3 is 0 Å². The molecule has 0 fully saturated rings. The number of hydrogen-bond donors (Lipinski definition) is 1. The molecule has 0 spiro atoms. The van der Waals surface area contributed by atoms with Gasteiger partial charge in [0.05, 0.1) is 4.90 Å². The number of benzene rings is 1. The van der Waals surface area contributed by atoms with Crippen LogP contribution in [0.15, 0.2) is 23.4 Å². The van der Waals surface area contributed by atoms with Crippen molar-refractivity contribution in [2.24, 2.45) is 7.05 Å². The Labute approximate surface area is 122 Å². The van der Waals surface area contributed by atoms with Crippen LogP contribution in [0, 0.1) is 13.8 Å². The summed E-state index contributed by atoms with van der Waals surface area (Å²) in [4.78, 5) is 16.4. The maximum atomic E-state index is 12.3. The van der Waals surface area contributed by atoms with Crippen molar-refractivity contribution in [3.63, 3.8) is 0 Å². The molecule has 1 aromatic carbocycles. The van der Waals surface area contributed by atoms with Crippen LogP contribution in [0.3, 0.4) is 0 Å². The number of sulfone groups is 1. The average Bonchev–Trinajstić information content (AvgIpc) is 2.73. The molecule has 112 valence electrons. The molecule has 21 heavy (non-hydrogen) atoms. The van der Waals surface area contributed by atoms with Crippen molar-refractivity contribution in [1.82, 2.24) is 14.8 Å². The summed E-state index contributed by atoms with van der Waals surface area (Å²) in [5.74, 6) is -0.130. The zero-order valence-corrected chi connectivity index (χ0v) is 13.0. The molecular weight excluding hydrogens is 292 g/mol. The van der Waals surface area contributed by atoms with E-state index in [0.717, 1.165) is 6.26 Å². The molecule has 0 atom stereocenters. The zero-order valence-electron chi connectivity index (χ0n) is 12.2. The Bertz CT molecular complexity index is 809. The lowest BCUT2D eigenvalue weighted by Crippen LogP contribution is -2.18. The van der Waals surface area contributed by atoms with E-state index < -0.39 is 15.7 Å². The summed E-state index contributed by atoms with van der Waals surface area (Å²) < 4.78 is 25.1. The standard InChI is InChI=1S/C13H16N4O3S/c1-8-5-6-10(9(2)11(8)21(4,19)20)12(18)16-13-14-7-15-17(13)3/h5-7H,1-4H3,(H,14,15,16,18). The average molecular weight is 308 g/mol. The number of carbonyl (C=O) groups excluding carboxylic acids is 1. The van der Waals surface area contributed by atoms with E-state index in [0.29, 0.717) is 22.6 Å². The highest BCUT2D eigenvalue weighted by Gasteiger charge is 2.20. The zero-order chi connectivity index (χ0) is 15.8. The van der Waals surface area contributed by atoms with Gasteiger partial charge in [0.25, 0.3) is 5.91 Å². The topological polar surface area (TPSA) is 93.9 Å². The molecule has 0 aliphatic carbocycles. The van der Waals surface area contributed by atoms with E-state index >= 15 is 0 Å². The Balaban J connectivity index is 2.46. The molecule has 1 N–H and O–H groups in total. The highest BCUT2D eigenvalue weighted by molar-refractivity contribution is 7.90. The van der Waals surface area contributed by atoms with Crippen LogP contribution in [0.2, 0.25) is 0 Å². The third kappa shape index (κ3) is 2.94. The molecule has 0 aliphatic rings. The van der Waals surface area contributed by atoms with E-state index in [1.165, 1.54) is 11.0 Å². The minimum Gasteiger partial charge on any atom is -0.291 e. The van der Waals surface area contributed by atoms with Gasteiger partial charge in [-0.05, 0) is 31.0 Å². The summed E-state index contributed by atoms with van der Waals surface area (Å²) in [6.07, 6.45) is 2.45. The molecule has 2 rings (SSSR count). The molecule has 2 aromatic rings. The lowest BCUT2D eigenvalue weighted by atomic mass is 10.1. The fourth-order valence-corrected chi connectivity index (χ4v) is 3.54. The number of nitrogens with zero attached hydrogens (tertiary/aromatic N) is 3. The molecule has 1 heterocycles. The van der Waals surface area contributed by atoms with Crippen LogP contribution in [0.4, 0.5) is 5.95 Å². The fraction of sp³-hybridized carbons (Fsp3) is 0.308. The van der Waals surface area contributed by atoms with E-state index in [-0.39, 0.29) is 4.90 Å². The number of anilines is 1. The van der Waals surface area contributed by atoms with E-state index in [1.807, 2.05) is 0 Å². The van der Waals surface area contributed by atoms with Crippen LogP contribution < -0.4 is 5.32 Å². The van der Waals surface area contributed by atoms with Gasteiger partial charge in [0.1, 0.15) is 6.33 Å². The predicted molar refractivity (Wildman–Crippen MR) is 78.0 cm³/mol. The van der Waals surface area contributed by atoms with Crippen molar-refractivity contribution in [3.05, 3.63) is 35.2 Å². The van der Waals surface area contributed by atoms with Gasteiger partial charge in [0.2, 0.25) is 5.95 Å². The summed E-state index contributed by atoms with van der Waals surface area (Å²) >= 11 is 0. The van der Waals surface area contributed by atoms with Crippen molar-refractivity contribution in [1.29, 1.82) is 0 Å². The number of aryl methyl sites for hydroxylation is 2. The highest BCUT2D eigenvalue weighted by Crippen LogP contribution is 2.23. The van der Waals surface area contributed by atoms with Gasteiger partial charge in [-0.3, -0.25) is 10.1 Å². The number of aromatic nitrogens is 3. The van der Waals surface area contributed by atoms with Crippen LogP contribution in [0.1, 0.15) is 21.5 Å². The van der Waals surface area contributed by atoms with Crippen molar-refractivity contribution < 1.29 is 13.2 Å². The van der Waals surface area contributed by atoms with Crippen LogP contribution in [-0.4, -0.2) is 35.3 Å². The molecule has 0 saturated heterocycles. The second kappa shape index (κ2) is 5.28. The van der Waals surface area contributed by atoms with Crippen molar-refractivity contribution >= 4 is 21.7 Å². The molecule has 0 unspecified atom stereocenters. The summed E-state index contributed by atoms with van der Waals surface area (Å²) in [7, 11) is -1.76. The molecule has 1 aromatic heterocycles. The fourth-order valence-electron chi connectivity index (χ4n) is 2.22. The lowest BCUT2D eigenvalue weighted by molar-refractivity contribution is 0.102. The van der Waals surface area contributed by atoms with Gasteiger partial charge in [-0.2, -0.15) is 10.1 Å². The third-order valence-electron chi connectivity index (χ3n) is 3.15. The first-order chi connectivity index (χ1) is 9.71. The van der Waals surface area contributed by atoms with Gasteiger partial charge in [-0.25, -0.2) is 13.1 Å². The summed E-state index contributed by atoms with van der Waals surface area (Å²) in [6.45, 7) is 3.32. The van der Waals surface area contributed by atoms with E-state index in [9.17, 15) is 13.2 Å². The SMILES string of the molecule is Cc1ccc(C(=O)Nc2ncnn2C)c(C)c1S(C)(=O)=O. The minimum atomic E-state index is -3.40. The molecule has 0 aliphatic heterocycles. The first-order valence-corrected chi connectivity index (χ1v) is 8.06. The summed E-state index contributed by atoms with van der Waals surface area (Å²) in [6, 6.07) is 3.22. The number of nitrogens with one attached hydrogen (secondary N) is 1. The number of carbonyl (C=O) groups is 1. The molecule has 8 heteroatoms. The number of amides is 1. The third-order valence-corrected chi connectivity index (χ3v) is 4.52. The van der Waals surface area contributed by atoms with Crippen LogP contribution >= 0.6 is 0 Å². The molecule has 1 amide bonds. The first kappa shape index (κ1) is 15.2. The Morgan fingerprint density at radius 1 is 1.29 bits per heavy atom. The second-order valence-electron chi connectivity index (χ2n) is 4.82. The molecule has 0 radical (unpaired) electrons. The van der Waals surface area contributed by atoms with Gasteiger partial charge in [0.15, 0.2) is 9.84 Å². The van der Waals surface area contributed by atoms with Gasteiger partial charge < -0.3 is 0 Å². The van der Waals surface area contributed by atoms with Gasteiger partial charge in [-0.15, -0.1) is 0 Å². The molecule has 7 nitrogen and oxygen atoms in total. The Kier molecular flexibility index (Phi) is 3.82. The molecular formula is C13H16N4O3S. The smallest absolute Gasteiger partial charge is 0.258 e. The predicted octanol–water partition coefficient (Wildman–Crippen LogP) is 1.09. The van der Waals surface area contributed by atoms with Crippen molar-refractivity contribution in [2.75, 3.05) is 11.6 Å². The quantitative estimate of drug-likeness (QED) is 0.916. The lowest BCUT2D eigenvalue weighted by Gasteiger charge is -2.12. The summed E-state index contributed by atoms with van der Waals surface area (Å²) in [5.41, 5.74) is 1.34. The maximum Gasteiger partial charge on any atom is 0.258 e. The Morgan fingerprint density at radius 2 is 1.95 bits per heavy atom. The monoisotopic (exact) mass is 308 g/mol. The maximum absolute atomic E-state index is 12.3. The molecule has 0 bridgehead atoms. The van der Waals surface area contributed by atoms with Gasteiger partial charge in [0, 0.05) is 18.9 Å². The van der Waals surface area contributed by atoms with Crippen LogP contribution in [0.25, 0.3) is 0 Å². The minimum absolute atomic E-state index is 0.188. The largest absolute Gasteiger partial charge is 0.291 e. The second-order valence-corrected chi connectivity index (χ2v) is 6.77. The van der Waals surface area contributed by atoms with Crippen LogP contribution in [0.5, 0.6) is 0 Å². The van der Waals surface area contributed by atoms with Crippen molar-refractivity contribution in [3.8, 4) is 0 Å².